The molecule has 1 aromatic rings. The van der Waals surface area contributed by atoms with Crippen molar-refractivity contribution >= 4 is 30.0 Å². The van der Waals surface area contributed by atoms with Gasteiger partial charge in [0.05, 0.1) is 11.1 Å². The highest BCUT2D eigenvalue weighted by Crippen LogP contribution is 2.33. The van der Waals surface area contributed by atoms with E-state index in [1.807, 2.05) is 19.2 Å². The van der Waals surface area contributed by atoms with Crippen LogP contribution in [0.1, 0.15) is 35.5 Å². The number of halogens is 1. The summed E-state index contributed by atoms with van der Waals surface area (Å²) in [5.74, 6) is 0. The fourth-order valence-corrected chi connectivity index (χ4v) is 2.03. The number of alkyl halides is 1. The second-order valence-electron chi connectivity index (χ2n) is 3.80. The van der Waals surface area contributed by atoms with Gasteiger partial charge in [-0.25, -0.2) is 0 Å². The van der Waals surface area contributed by atoms with Gasteiger partial charge in [0, 0.05) is 12.4 Å². The molecule has 1 unspecified atom stereocenters. The molecule has 16 heavy (non-hydrogen) atoms. The highest BCUT2D eigenvalue weighted by atomic mass is 35.5. The summed E-state index contributed by atoms with van der Waals surface area (Å²) in [5, 5.41) is 0.0448. The monoisotopic (exact) mass is 232 g/mol. The van der Waals surface area contributed by atoms with Gasteiger partial charge in [-0.1, -0.05) is 12.2 Å². The first kappa shape index (κ1) is 11.1. The van der Waals surface area contributed by atoms with E-state index in [1.165, 1.54) is 0 Å². The van der Waals surface area contributed by atoms with Crippen LogP contribution in [0.3, 0.4) is 0 Å². The molecule has 0 N–H and O–H groups in total. The zero-order chi connectivity index (χ0) is 11.5. The van der Waals surface area contributed by atoms with Crippen LogP contribution in [0.25, 0.3) is 11.6 Å². The average molecular weight is 233 g/mol. The van der Waals surface area contributed by atoms with Crippen molar-refractivity contribution in [2.45, 2.75) is 18.7 Å². The second-order valence-corrected chi connectivity index (χ2v) is 4.33. The van der Waals surface area contributed by atoms with Crippen LogP contribution in [0, 0.1) is 0 Å². The van der Waals surface area contributed by atoms with Crippen molar-refractivity contribution in [1.82, 2.24) is 4.98 Å². The quantitative estimate of drug-likeness (QED) is 0.562. The van der Waals surface area contributed by atoms with Gasteiger partial charge < -0.3 is 0 Å². The minimum Gasteiger partial charge on any atom is -0.272 e. The average Bonchev–Trinajstić information content (AvgIpc) is 2.29. The number of hydrogen-bond donors (Lipinski definition) is 0. The van der Waals surface area contributed by atoms with Crippen molar-refractivity contribution in [2.24, 2.45) is 4.99 Å². The van der Waals surface area contributed by atoms with Gasteiger partial charge in [-0.05, 0) is 42.8 Å². The summed E-state index contributed by atoms with van der Waals surface area (Å²) < 4.78 is 0. The minimum atomic E-state index is 0.0448. The third-order valence-electron chi connectivity index (χ3n) is 2.64. The van der Waals surface area contributed by atoms with Crippen LogP contribution >= 0.6 is 11.6 Å². The van der Waals surface area contributed by atoms with Crippen molar-refractivity contribution in [2.75, 3.05) is 0 Å². The molecule has 0 amide bonds. The summed E-state index contributed by atoms with van der Waals surface area (Å²) in [5.41, 5.74) is 4.17. The Morgan fingerprint density at radius 1 is 1.69 bits per heavy atom. The van der Waals surface area contributed by atoms with E-state index in [0.29, 0.717) is 0 Å². The minimum absolute atomic E-state index is 0.0448. The molecule has 0 saturated carbocycles. The molecule has 0 bridgehead atoms. The molecule has 82 valence electrons. The van der Waals surface area contributed by atoms with Gasteiger partial charge in [-0.2, -0.15) is 0 Å². The molecule has 3 heteroatoms. The number of nitrogens with zero attached hydrogens (tertiary/aromatic N) is 2. The lowest BCUT2D eigenvalue weighted by Crippen LogP contribution is -2.00. The van der Waals surface area contributed by atoms with Gasteiger partial charge >= 0.3 is 0 Å². The Kier molecular flexibility index (Phi) is 3.20. The lowest BCUT2D eigenvalue weighted by atomic mass is 9.97. The molecule has 1 heterocycles. The molecule has 0 aliphatic heterocycles. The first-order valence-electron chi connectivity index (χ1n) is 5.16. The number of aliphatic imine (C=N–C) groups is 1. The zero-order valence-corrected chi connectivity index (χ0v) is 9.91. The van der Waals surface area contributed by atoms with E-state index in [-0.39, 0.29) is 5.38 Å². The maximum atomic E-state index is 6.21. The molecule has 0 spiro atoms. The Balaban J connectivity index is 2.44. The molecular formula is C13H13ClN2. The molecule has 1 aliphatic carbocycles. The van der Waals surface area contributed by atoms with Crippen LogP contribution in [0.15, 0.2) is 29.5 Å². The molecule has 1 atom stereocenters. The Hall–Kier alpha value is -1.41. The number of aromatic nitrogens is 1. The van der Waals surface area contributed by atoms with Gasteiger partial charge in [0.25, 0.3) is 0 Å². The van der Waals surface area contributed by atoms with Crippen molar-refractivity contribution in [3.63, 3.8) is 0 Å². The Labute approximate surface area is 100 Å². The predicted molar refractivity (Wildman–Crippen MR) is 69.7 cm³/mol. The number of pyridine rings is 1. The number of allylic oxidation sites excluding steroid dienone is 2. The van der Waals surface area contributed by atoms with Gasteiger partial charge in [0.1, 0.15) is 0 Å². The molecular weight excluding hydrogens is 220 g/mol. The molecule has 0 radical (unpaired) electrons. The number of hydrogen-bond acceptors (Lipinski definition) is 2. The largest absolute Gasteiger partial charge is 0.272 e. The van der Waals surface area contributed by atoms with Crippen molar-refractivity contribution < 1.29 is 0 Å². The second kappa shape index (κ2) is 4.62. The van der Waals surface area contributed by atoms with Crippen LogP contribution in [0.5, 0.6) is 0 Å². The van der Waals surface area contributed by atoms with E-state index in [0.717, 1.165) is 28.8 Å². The molecule has 2 nitrogen and oxygen atoms in total. The van der Waals surface area contributed by atoms with Crippen molar-refractivity contribution in [1.29, 1.82) is 0 Å². The van der Waals surface area contributed by atoms with Crippen molar-refractivity contribution in [3.8, 4) is 0 Å². The first-order chi connectivity index (χ1) is 7.72. The van der Waals surface area contributed by atoms with E-state index in [4.69, 9.17) is 11.6 Å². The van der Waals surface area contributed by atoms with Gasteiger partial charge in [0.15, 0.2) is 0 Å². The summed E-state index contributed by atoms with van der Waals surface area (Å²) in [6.45, 7) is 5.40. The lowest BCUT2D eigenvalue weighted by Gasteiger charge is -2.16. The van der Waals surface area contributed by atoms with Crippen LogP contribution < -0.4 is 0 Å². The molecule has 2 rings (SSSR count). The number of rotatable bonds is 2. The highest BCUT2D eigenvalue weighted by molar-refractivity contribution is 6.21. The van der Waals surface area contributed by atoms with Crippen LogP contribution in [0.4, 0.5) is 0 Å². The Bertz CT molecular complexity index is 475. The summed E-state index contributed by atoms with van der Waals surface area (Å²) in [7, 11) is 0. The topological polar surface area (TPSA) is 25.2 Å². The third kappa shape index (κ3) is 2.07. The van der Waals surface area contributed by atoms with E-state index in [9.17, 15) is 0 Å². The lowest BCUT2D eigenvalue weighted by molar-refractivity contribution is 0.927. The van der Waals surface area contributed by atoms with Gasteiger partial charge in [0.2, 0.25) is 0 Å². The Morgan fingerprint density at radius 3 is 3.25 bits per heavy atom. The third-order valence-corrected chi connectivity index (χ3v) is 3.05. The summed E-state index contributed by atoms with van der Waals surface area (Å²) >= 11 is 6.21. The highest BCUT2D eigenvalue weighted by Gasteiger charge is 2.15. The molecule has 0 fully saturated rings. The molecule has 0 saturated heterocycles. The Morgan fingerprint density at radius 2 is 2.50 bits per heavy atom. The van der Waals surface area contributed by atoms with Crippen LogP contribution in [-0.2, 0) is 0 Å². The maximum Gasteiger partial charge on any atom is 0.0680 e. The van der Waals surface area contributed by atoms with E-state index >= 15 is 0 Å². The smallest absolute Gasteiger partial charge is 0.0680 e. The fourth-order valence-electron chi connectivity index (χ4n) is 1.75. The summed E-state index contributed by atoms with van der Waals surface area (Å²) in [6.07, 6.45) is 8.62. The van der Waals surface area contributed by atoms with E-state index < -0.39 is 0 Å². The van der Waals surface area contributed by atoms with Gasteiger partial charge in [-0.15, -0.1) is 11.6 Å². The zero-order valence-electron chi connectivity index (χ0n) is 9.15. The number of fused-ring (bicyclic) bond motifs is 1. The fraction of sp³-hybridized carbons (Fsp3) is 0.231. The molecule has 1 aliphatic rings. The standard InChI is InChI=1S/C13H13ClN2/c1-9(7-15-2)13-6-10-4-3-5-12(14)11(10)8-16-13/h3-4,6-8,12H,2,5H2,1H3/b9-7+. The maximum absolute atomic E-state index is 6.21. The summed E-state index contributed by atoms with van der Waals surface area (Å²) in [6, 6.07) is 2.04. The molecule has 1 aromatic heterocycles. The van der Waals surface area contributed by atoms with Crippen molar-refractivity contribution in [3.05, 3.63) is 41.4 Å². The first-order valence-corrected chi connectivity index (χ1v) is 5.59. The van der Waals surface area contributed by atoms with E-state index in [2.05, 4.69) is 28.8 Å². The normalized spacial score (nSPS) is 19.4. The SMILES string of the molecule is C=N/C=C(\C)c1cc2c(cn1)C(Cl)CC=C2. The molecule has 0 aromatic carbocycles. The summed E-state index contributed by atoms with van der Waals surface area (Å²) in [4.78, 5) is 8.13. The van der Waals surface area contributed by atoms with Crippen LogP contribution in [0.2, 0.25) is 0 Å². The van der Waals surface area contributed by atoms with Crippen LogP contribution in [-0.4, -0.2) is 11.7 Å². The predicted octanol–water partition coefficient (Wildman–Crippen LogP) is 3.84. The van der Waals surface area contributed by atoms with Gasteiger partial charge in [-0.3, -0.25) is 9.98 Å². The van der Waals surface area contributed by atoms with E-state index in [1.54, 1.807) is 6.20 Å².